The minimum Gasteiger partial charge on any atom is -0.493 e. The van der Waals surface area contributed by atoms with Gasteiger partial charge in [-0.25, -0.2) is 9.79 Å². The van der Waals surface area contributed by atoms with Crippen molar-refractivity contribution in [1.29, 1.82) is 0 Å². The van der Waals surface area contributed by atoms with Gasteiger partial charge in [0.1, 0.15) is 12.4 Å². The molecule has 0 bridgehead atoms. The Balaban J connectivity index is 1.57. The molecule has 1 aliphatic rings. The van der Waals surface area contributed by atoms with Gasteiger partial charge < -0.3 is 18.9 Å². The second-order valence-electron chi connectivity index (χ2n) is 10.5. The molecule has 4 aromatic rings. The number of ether oxygens (including phenoxy) is 4. The topological polar surface area (TPSA) is 88.4 Å². The number of benzene rings is 3. The summed E-state index contributed by atoms with van der Waals surface area (Å²) >= 11 is 11.1. The first-order valence-corrected chi connectivity index (χ1v) is 16.3. The maximum atomic E-state index is 14.0. The van der Waals surface area contributed by atoms with Gasteiger partial charge in [0, 0.05) is 10.6 Å². The van der Waals surface area contributed by atoms with Crippen LogP contribution in [0.3, 0.4) is 0 Å². The molecule has 0 spiro atoms. The fraction of sp³-hybridized carbons (Fsp3) is 0.265. The molecule has 8 nitrogen and oxygen atoms in total. The van der Waals surface area contributed by atoms with Crippen molar-refractivity contribution in [3.8, 4) is 17.2 Å². The number of nitrogens with zero attached hydrogens (tertiary/aromatic N) is 2. The van der Waals surface area contributed by atoms with Crippen LogP contribution >= 0.6 is 38.9 Å². The zero-order chi connectivity index (χ0) is 32.2. The molecular formula is C34H32BrClN2O6S. The van der Waals surface area contributed by atoms with Crippen molar-refractivity contribution >= 4 is 50.9 Å². The fourth-order valence-electron chi connectivity index (χ4n) is 4.99. The molecule has 1 aromatic heterocycles. The molecule has 0 saturated carbocycles. The SMILES string of the molecule is CCOC(=O)C1=C(C)N=c2s/c(=C\c3cc(Br)c(OCc4ccccc4Cl)c(OC)c3)c(=O)n2[C@H]1c1ccc(OC(C)C)cc1. The van der Waals surface area contributed by atoms with E-state index in [0.717, 1.165) is 11.1 Å². The predicted molar refractivity (Wildman–Crippen MR) is 179 cm³/mol. The number of rotatable bonds is 10. The molecule has 5 rings (SSSR count). The highest BCUT2D eigenvalue weighted by Crippen LogP contribution is 2.38. The van der Waals surface area contributed by atoms with Crippen LogP contribution in [0.25, 0.3) is 6.08 Å². The highest BCUT2D eigenvalue weighted by molar-refractivity contribution is 9.10. The highest BCUT2D eigenvalue weighted by atomic mass is 79.9. The summed E-state index contributed by atoms with van der Waals surface area (Å²) in [4.78, 5) is 32.4. The number of thiazole rings is 1. The number of carbonyl (C=O) groups excluding carboxylic acids is 1. The number of esters is 1. The van der Waals surface area contributed by atoms with Gasteiger partial charge in [0.2, 0.25) is 0 Å². The molecule has 234 valence electrons. The van der Waals surface area contributed by atoms with Crippen molar-refractivity contribution in [1.82, 2.24) is 4.57 Å². The molecule has 2 heterocycles. The summed E-state index contributed by atoms with van der Waals surface area (Å²) < 4.78 is 25.6. The van der Waals surface area contributed by atoms with Crippen LogP contribution in [0.5, 0.6) is 17.2 Å². The Hall–Kier alpha value is -3.86. The molecule has 0 radical (unpaired) electrons. The standard InChI is InChI=1S/C34H32BrClN2O6S/c1-6-42-33(40)29-20(4)37-34-38(30(29)22-11-13-24(14-12-22)44-19(2)3)32(39)28(45-34)17-21-15-25(35)31(27(16-21)41-5)43-18-23-9-7-8-10-26(23)36/h7-17,19,30H,6,18H2,1-5H3/b28-17-/t30-/m0/s1. The largest absolute Gasteiger partial charge is 0.493 e. The second kappa shape index (κ2) is 14.1. The van der Waals surface area contributed by atoms with Crippen molar-refractivity contribution < 1.29 is 23.7 Å². The van der Waals surface area contributed by atoms with Crippen molar-refractivity contribution in [2.75, 3.05) is 13.7 Å². The van der Waals surface area contributed by atoms with E-state index in [4.69, 9.17) is 30.5 Å². The lowest BCUT2D eigenvalue weighted by molar-refractivity contribution is -0.139. The van der Waals surface area contributed by atoms with E-state index in [1.165, 1.54) is 11.3 Å². The van der Waals surface area contributed by atoms with Gasteiger partial charge in [-0.15, -0.1) is 0 Å². The van der Waals surface area contributed by atoms with Crippen LogP contribution in [0.4, 0.5) is 0 Å². The average Bonchev–Trinajstić information content (AvgIpc) is 3.30. The lowest BCUT2D eigenvalue weighted by Gasteiger charge is -2.25. The number of hydrogen-bond acceptors (Lipinski definition) is 8. The van der Waals surface area contributed by atoms with Crippen LogP contribution in [0.1, 0.15) is 50.4 Å². The van der Waals surface area contributed by atoms with Crippen LogP contribution in [-0.4, -0.2) is 30.4 Å². The van der Waals surface area contributed by atoms with E-state index in [-0.39, 0.29) is 24.9 Å². The third kappa shape index (κ3) is 7.03. The summed E-state index contributed by atoms with van der Waals surface area (Å²) in [6, 6.07) is 17.8. The Kier molecular flexibility index (Phi) is 10.2. The van der Waals surface area contributed by atoms with Gasteiger partial charge in [0.15, 0.2) is 16.3 Å². The lowest BCUT2D eigenvalue weighted by atomic mass is 9.96. The first kappa shape index (κ1) is 32.5. The molecule has 3 aromatic carbocycles. The predicted octanol–water partition coefficient (Wildman–Crippen LogP) is 6.59. The second-order valence-corrected chi connectivity index (χ2v) is 12.7. The molecule has 0 amide bonds. The zero-order valence-electron chi connectivity index (χ0n) is 25.4. The number of fused-ring (bicyclic) bond motifs is 1. The maximum Gasteiger partial charge on any atom is 0.338 e. The van der Waals surface area contributed by atoms with Crippen molar-refractivity contribution in [3.63, 3.8) is 0 Å². The Morgan fingerprint density at radius 2 is 1.89 bits per heavy atom. The Morgan fingerprint density at radius 3 is 2.56 bits per heavy atom. The maximum absolute atomic E-state index is 14.0. The van der Waals surface area contributed by atoms with E-state index < -0.39 is 12.0 Å². The third-order valence-corrected chi connectivity index (χ3v) is 8.90. The van der Waals surface area contributed by atoms with Crippen LogP contribution in [-0.2, 0) is 16.1 Å². The van der Waals surface area contributed by atoms with Crippen LogP contribution in [0, 0.1) is 0 Å². The number of hydrogen-bond donors (Lipinski definition) is 0. The van der Waals surface area contributed by atoms with Crippen molar-refractivity contribution in [2.45, 2.75) is 46.4 Å². The Bertz CT molecular complexity index is 1950. The van der Waals surface area contributed by atoms with Crippen molar-refractivity contribution in [2.24, 2.45) is 4.99 Å². The minimum absolute atomic E-state index is 0.00686. The number of aromatic nitrogens is 1. The van der Waals surface area contributed by atoms with Gasteiger partial charge in [-0.3, -0.25) is 9.36 Å². The van der Waals surface area contributed by atoms with E-state index >= 15 is 0 Å². The Morgan fingerprint density at radius 1 is 1.16 bits per heavy atom. The lowest BCUT2D eigenvalue weighted by Crippen LogP contribution is -2.39. The third-order valence-electron chi connectivity index (χ3n) is 6.96. The summed E-state index contributed by atoms with van der Waals surface area (Å²) in [5.41, 5.74) is 2.82. The van der Waals surface area contributed by atoms with Gasteiger partial charge >= 0.3 is 5.97 Å². The molecule has 1 aliphatic heterocycles. The first-order valence-electron chi connectivity index (χ1n) is 14.3. The van der Waals surface area contributed by atoms with Gasteiger partial charge in [-0.2, -0.15) is 0 Å². The molecule has 0 aliphatic carbocycles. The number of carbonyl (C=O) groups is 1. The summed E-state index contributed by atoms with van der Waals surface area (Å²) in [6.45, 7) is 7.85. The Labute approximate surface area is 278 Å². The first-order chi connectivity index (χ1) is 21.6. The van der Waals surface area contributed by atoms with Gasteiger partial charge in [-0.1, -0.05) is 53.3 Å². The van der Waals surface area contributed by atoms with E-state index in [9.17, 15) is 9.59 Å². The van der Waals surface area contributed by atoms with Gasteiger partial charge in [0.25, 0.3) is 5.56 Å². The smallest absolute Gasteiger partial charge is 0.338 e. The molecule has 0 saturated heterocycles. The van der Waals surface area contributed by atoms with E-state index in [1.807, 2.05) is 68.4 Å². The van der Waals surface area contributed by atoms with Crippen LogP contribution < -0.4 is 29.1 Å². The van der Waals surface area contributed by atoms with Gasteiger partial charge in [-0.05, 0) is 91.2 Å². The number of methoxy groups -OCH3 is 1. The molecular weight excluding hydrogens is 680 g/mol. The summed E-state index contributed by atoms with van der Waals surface area (Å²) in [5, 5.41) is 0.610. The molecule has 11 heteroatoms. The van der Waals surface area contributed by atoms with E-state index in [0.29, 0.717) is 52.9 Å². The normalized spacial score (nSPS) is 14.7. The van der Waals surface area contributed by atoms with Crippen LogP contribution in [0.15, 0.2) is 86.2 Å². The average molecular weight is 712 g/mol. The zero-order valence-corrected chi connectivity index (χ0v) is 28.6. The van der Waals surface area contributed by atoms with Crippen molar-refractivity contribution in [3.05, 3.63) is 118 Å². The number of allylic oxidation sites excluding steroid dienone is 1. The molecule has 1 atom stereocenters. The minimum atomic E-state index is -0.725. The summed E-state index contributed by atoms with van der Waals surface area (Å²) in [6.07, 6.45) is 1.78. The van der Waals surface area contributed by atoms with E-state index in [1.54, 1.807) is 37.7 Å². The van der Waals surface area contributed by atoms with E-state index in [2.05, 4.69) is 20.9 Å². The summed E-state index contributed by atoms with van der Waals surface area (Å²) in [5.74, 6) is 1.17. The molecule has 0 N–H and O–H groups in total. The highest BCUT2D eigenvalue weighted by Gasteiger charge is 2.33. The monoisotopic (exact) mass is 710 g/mol. The molecule has 45 heavy (non-hydrogen) atoms. The molecule has 0 unspecified atom stereocenters. The number of halogens is 2. The quantitative estimate of drug-likeness (QED) is 0.173. The van der Waals surface area contributed by atoms with Crippen LogP contribution in [0.2, 0.25) is 5.02 Å². The molecule has 0 fully saturated rings. The summed E-state index contributed by atoms with van der Waals surface area (Å²) in [7, 11) is 1.55. The van der Waals surface area contributed by atoms with Gasteiger partial charge in [0.05, 0.1) is 46.1 Å². The fourth-order valence-corrected chi connectivity index (χ4v) is 6.80.